The highest BCUT2D eigenvalue weighted by Gasteiger charge is 2.37. The first-order valence-electron chi connectivity index (χ1n) is 8.42. The normalized spacial score (nSPS) is 21.2. The summed E-state index contributed by atoms with van der Waals surface area (Å²) in [4.78, 5) is 28.0. The molecule has 0 aromatic heterocycles. The second kappa shape index (κ2) is 8.17. The minimum absolute atomic E-state index is 0.0559. The summed E-state index contributed by atoms with van der Waals surface area (Å²) in [6, 6.07) is 5.90. The van der Waals surface area contributed by atoms with Crippen LogP contribution in [0.2, 0.25) is 0 Å². The van der Waals surface area contributed by atoms with Gasteiger partial charge >= 0.3 is 6.09 Å². The number of phenolic OH excluding ortho intramolecular Hbond substituents is 1. The van der Waals surface area contributed by atoms with E-state index in [4.69, 9.17) is 9.47 Å². The molecule has 0 radical (unpaired) electrons. The molecule has 2 heterocycles. The third-order valence-corrected chi connectivity index (χ3v) is 4.40. The lowest BCUT2D eigenvalue weighted by atomic mass is 10.2. The number of hydrogen-bond donors (Lipinski definition) is 2. The molecular formula is C17H23N3O5. The molecule has 1 aromatic carbocycles. The molecule has 2 saturated heterocycles. The fourth-order valence-electron chi connectivity index (χ4n) is 2.92. The highest BCUT2D eigenvalue weighted by molar-refractivity contribution is 5.87. The number of rotatable bonds is 6. The van der Waals surface area contributed by atoms with Crippen molar-refractivity contribution in [2.75, 3.05) is 46.0 Å². The molecule has 2 fully saturated rings. The van der Waals surface area contributed by atoms with Crippen LogP contribution in [0.5, 0.6) is 5.75 Å². The molecule has 0 unspecified atom stereocenters. The summed E-state index contributed by atoms with van der Waals surface area (Å²) < 4.78 is 10.3. The van der Waals surface area contributed by atoms with E-state index in [0.717, 1.165) is 38.4 Å². The molecule has 0 spiro atoms. The molecule has 8 heteroatoms. The van der Waals surface area contributed by atoms with Gasteiger partial charge in [-0.2, -0.15) is 0 Å². The number of ether oxygens (including phenoxy) is 2. The fourth-order valence-corrected chi connectivity index (χ4v) is 2.92. The standard InChI is InChI=1S/C17H23N3O5/c21-14-3-1-13(2-4-14)11-20-15(12-25-17(20)23)16(22)18-5-6-19-7-9-24-10-8-19/h1-4,15,21H,5-12H2,(H,18,22)/t15-/m0/s1. The summed E-state index contributed by atoms with van der Waals surface area (Å²) >= 11 is 0. The Morgan fingerprint density at radius 1 is 1.24 bits per heavy atom. The maximum absolute atomic E-state index is 12.4. The van der Waals surface area contributed by atoms with Crippen molar-refractivity contribution < 1.29 is 24.2 Å². The van der Waals surface area contributed by atoms with Crippen LogP contribution in [0.15, 0.2) is 24.3 Å². The Morgan fingerprint density at radius 3 is 2.68 bits per heavy atom. The molecule has 25 heavy (non-hydrogen) atoms. The number of benzene rings is 1. The summed E-state index contributed by atoms with van der Waals surface area (Å²) in [5.41, 5.74) is 0.822. The number of nitrogens with zero attached hydrogens (tertiary/aromatic N) is 2. The Hall–Kier alpha value is -2.32. The maximum atomic E-state index is 12.4. The first-order valence-corrected chi connectivity index (χ1v) is 8.42. The number of carbonyl (C=O) groups is 2. The number of morpholine rings is 1. The van der Waals surface area contributed by atoms with Crippen LogP contribution in [-0.4, -0.2) is 78.9 Å². The van der Waals surface area contributed by atoms with Gasteiger partial charge in [0.1, 0.15) is 18.4 Å². The van der Waals surface area contributed by atoms with Gasteiger partial charge in [-0.3, -0.25) is 14.6 Å². The lowest BCUT2D eigenvalue weighted by Crippen LogP contribution is -2.48. The zero-order valence-electron chi connectivity index (χ0n) is 14.0. The molecule has 2 aliphatic heterocycles. The van der Waals surface area contributed by atoms with E-state index in [1.807, 2.05) is 0 Å². The van der Waals surface area contributed by atoms with Crippen LogP contribution in [0.25, 0.3) is 0 Å². The third kappa shape index (κ3) is 4.61. The summed E-state index contributed by atoms with van der Waals surface area (Å²) in [5, 5.41) is 12.2. The Labute approximate surface area is 146 Å². The largest absolute Gasteiger partial charge is 0.508 e. The molecule has 0 saturated carbocycles. The van der Waals surface area contributed by atoms with Crippen LogP contribution in [0.4, 0.5) is 4.79 Å². The minimum Gasteiger partial charge on any atom is -0.508 e. The second-order valence-electron chi connectivity index (χ2n) is 6.13. The van der Waals surface area contributed by atoms with E-state index in [0.29, 0.717) is 6.54 Å². The number of amides is 2. The summed E-state index contributed by atoms with van der Waals surface area (Å²) in [5.74, 6) is -0.0527. The van der Waals surface area contributed by atoms with Crippen LogP contribution in [0, 0.1) is 0 Å². The first-order chi connectivity index (χ1) is 12.1. The molecular weight excluding hydrogens is 326 g/mol. The average molecular weight is 349 g/mol. The van der Waals surface area contributed by atoms with Crippen LogP contribution in [0.1, 0.15) is 5.56 Å². The van der Waals surface area contributed by atoms with Crippen molar-refractivity contribution in [1.29, 1.82) is 0 Å². The van der Waals surface area contributed by atoms with Crippen LogP contribution in [-0.2, 0) is 20.8 Å². The number of aromatic hydroxyl groups is 1. The lowest BCUT2D eigenvalue weighted by molar-refractivity contribution is -0.125. The first kappa shape index (κ1) is 17.5. The van der Waals surface area contributed by atoms with E-state index in [1.54, 1.807) is 24.3 Å². The second-order valence-corrected chi connectivity index (χ2v) is 6.13. The molecule has 2 amide bonds. The van der Waals surface area contributed by atoms with Gasteiger partial charge in [0.25, 0.3) is 0 Å². The SMILES string of the molecule is O=C(NCCN1CCOCC1)[C@@H]1COC(=O)N1Cc1ccc(O)cc1. The highest BCUT2D eigenvalue weighted by Crippen LogP contribution is 2.18. The van der Waals surface area contributed by atoms with Crippen molar-refractivity contribution in [3.05, 3.63) is 29.8 Å². The van der Waals surface area contributed by atoms with Gasteiger partial charge in [-0.1, -0.05) is 12.1 Å². The van der Waals surface area contributed by atoms with E-state index in [2.05, 4.69) is 10.2 Å². The van der Waals surface area contributed by atoms with Crippen LogP contribution in [0.3, 0.4) is 0 Å². The Kier molecular flexibility index (Phi) is 5.72. The predicted octanol–water partition coefficient (Wildman–Crippen LogP) is 0.161. The van der Waals surface area contributed by atoms with Gasteiger partial charge in [0.05, 0.1) is 19.8 Å². The van der Waals surface area contributed by atoms with Crippen LogP contribution < -0.4 is 5.32 Å². The molecule has 136 valence electrons. The molecule has 1 atom stereocenters. The van der Waals surface area contributed by atoms with Gasteiger partial charge in [0.15, 0.2) is 0 Å². The van der Waals surface area contributed by atoms with Gasteiger partial charge in [0, 0.05) is 26.2 Å². The predicted molar refractivity (Wildman–Crippen MR) is 89.1 cm³/mol. The minimum atomic E-state index is -0.633. The Bertz CT molecular complexity index is 601. The fraction of sp³-hybridized carbons (Fsp3) is 0.529. The van der Waals surface area contributed by atoms with Crippen molar-refractivity contribution in [1.82, 2.24) is 15.1 Å². The van der Waals surface area contributed by atoms with Crippen molar-refractivity contribution >= 4 is 12.0 Å². The smallest absolute Gasteiger partial charge is 0.410 e. The van der Waals surface area contributed by atoms with Crippen molar-refractivity contribution in [3.8, 4) is 5.75 Å². The molecule has 8 nitrogen and oxygen atoms in total. The molecule has 2 aliphatic rings. The lowest BCUT2D eigenvalue weighted by Gasteiger charge is -2.27. The van der Waals surface area contributed by atoms with E-state index in [9.17, 15) is 14.7 Å². The zero-order chi connectivity index (χ0) is 17.6. The molecule has 2 N–H and O–H groups in total. The number of carbonyl (C=O) groups excluding carboxylic acids is 2. The quantitative estimate of drug-likeness (QED) is 0.760. The Balaban J connectivity index is 1.51. The monoisotopic (exact) mass is 349 g/mol. The number of cyclic esters (lactones) is 1. The van der Waals surface area contributed by atoms with Gasteiger partial charge in [0.2, 0.25) is 5.91 Å². The van der Waals surface area contributed by atoms with E-state index in [-0.39, 0.29) is 24.8 Å². The molecule has 3 rings (SSSR count). The number of nitrogens with one attached hydrogen (secondary N) is 1. The van der Waals surface area contributed by atoms with E-state index >= 15 is 0 Å². The van der Waals surface area contributed by atoms with Gasteiger partial charge in [-0.25, -0.2) is 4.79 Å². The Morgan fingerprint density at radius 2 is 1.96 bits per heavy atom. The number of hydrogen-bond acceptors (Lipinski definition) is 6. The maximum Gasteiger partial charge on any atom is 0.410 e. The van der Waals surface area contributed by atoms with Crippen molar-refractivity contribution in [3.63, 3.8) is 0 Å². The summed E-state index contributed by atoms with van der Waals surface area (Å²) in [7, 11) is 0. The molecule has 1 aromatic rings. The van der Waals surface area contributed by atoms with Crippen LogP contribution >= 0.6 is 0 Å². The van der Waals surface area contributed by atoms with Crippen molar-refractivity contribution in [2.45, 2.75) is 12.6 Å². The summed E-state index contributed by atoms with van der Waals surface area (Å²) in [6.45, 7) is 4.78. The zero-order valence-corrected chi connectivity index (χ0v) is 14.0. The topological polar surface area (TPSA) is 91.3 Å². The van der Waals surface area contributed by atoms with Gasteiger partial charge in [-0.05, 0) is 17.7 Å². The molecule has 0 bridgehead atoms. The summed E-state index contributed by atoms with van der Waals surface area (Å²) in [6.07, 6.45) is -0.499. The van der Waals surface area contributed by atoms with E-state index in [1.165, 1.54) is 4.90 Å². The average Bonchev–Trinajstić information content (AvgIpc) is 2.98. The molecule has 0 aliphatic carbocycles. The van der Waals surface area contributed by atoms with E-state index < -0.39 is 12.1 Å². The van der Waals surface area contributed by atoms with Crippen molar-refractivity contribution in [2.24, 2.45) is 0 Å². The highest BCUT2D eigenvalue weighted by atomic mass is 16.6. The van der Waals surface area contributed by atoms with Gasteiger partial charge in [-0.15, -0.1) is 0 Å². The van der Waals surface area contributed by atoms with Gasteiger partial charge < -0.3 is 19.9 Å². The number of phenols is 1. The third-order valence-electron chi connectivity index (χ3n) is 4.40.